The summed E-state index contributed by atoms with van der Waals surface area (Å²) in [6.45, 7) is 1.18. The molecule has 0 aromatic carbocycles. The monoisotopic (exact) mass is 238 g/mol. The van der Waals surface area contributed by atoms with Gasteiger partial charge in [0.25, 0.3) is 0 Å². The van der Waals surface area contributed by atoms with E-state index >= 15 is 0 Å². The van der Waals surface area contributed by atoms with Crippen molar-refractivity contribution in [2.24, 2.45) is 0 Å². The highest BCUT2D eigenvalue weighted by molar-refractivity contribution is 5.46. The third-order valence-electron chi connectivity index (χ3n) is 3.43. The minimum Gasteiger partial charge on any atom is -0.398 e. The molecule has 0 amide bonds. The first-order valence-corrected chi connectivity index (χ1v) is 5.70. The van der Waals surface area contributed by atoms with E-state index in [9.17, 15) is 5.11 Å². The number of aliphatic hydroxyl groups is 1. The van der Waals surface area contributed by atoms with Gasteiger partial charge < -0.3 is 20.3 Å². The van der Waals surface area contributed by atoms with E-state index in [4.69, 9.17) is 15.2 Å². The summed E-state index contributed by atoms with van der Waals surface area (Å²) in [6.07, 6.45) is 3.73. The third-order valence-corrected chi connectivity index (χ3v) is 3.43. The van der Waals surface area contributed by atoms with Crippen LogP contribution in [0.15, 0.2) is 18.5 Å². The lowest BCUT2D eigenvalue weighted by Gasteiger charge is -2.40. The second-order valence-electron chi connectivity index (χ2n) is 4.29. The van der Waals surface area contributed by atoms with E-state index < -0.39 is 11.7 Å². The van der Waals surface area contributed by atoms with Crippen molar-refractivity contribution in [2.75, 3.05) is 26.1 Å². The molecule has 3 N–H and O–H groups in total. The molecule has 1 saturated heterocycles. The Bertz CT molecular complexity index is 378. The van der Waals surface area contributed by atoms with Crippen LogP contribution in [-0.2, 0) is 9.47 Å². The van der Waals surface area contributed by atoms with Crippen LogP contribution in [0.5, 0.6) is 0 Å². The van der Waals surface area contributed by atoms with Crippen LogP contribution < -0.4 is 5.73 Å². The van der Waals surface area contributed by atoms with Gasteiger partial charge in [-0.05, 0) is 6.07 Å². The van der Waals surface area contributed by atoms with Crippen molar-refractivity contribution in [2.45, 2.75) is 24.5 Å². The molecule has 0 aliphatic carbocycles. The molecule has 1 aliphatic rings. The first-order chi connectivity index (χ1) is 8.19. The summed E-state index contributed by atoms with van der Waals surface area (Å²) in [5.41, 5.74) is 6.40. The fourth-order valence-corrected chi connectivity index (χ4v) is 2.24. The van der Waals surface area contributed by atoms with Gasteiger partial charge in [-0.2, -0.15) is 0 Å². The number of aromatic nitrogens is 1. The summed E-state index contributed by atoms with van der Waals surface area (Å²) >= 11 is 0. The van der Waals surface area contributed by atoms with E-state index in [1.54, 1.807) is 25.6 Å². The second-order valence-corrected chi connectivity index (χ2v) is 4.29. The summed E-state index contributed by atoms with van der Waals surface area (Å²) in [5, 5.41) is 10.5. The number of nitrogen functional groups attached to an aromatic ring is 1. The van der Waals surface area contributed by atoms with Crippen molar-refractivity contribution < 1.29 is 14.6 Å². The van der Waals surface area contributed by atoms with Crippen LogP contribution in [0.25, 0.3) is 0 Å². The Morgan fingerprint density at radius 2 is 2.24 bits per heavy atom. The number of anilines is 1. The molecule has 0 spiro atoms. The van der Waals surface area contributed by atoms with E-state index in [0.29, 0.717) is 37.3 Å². The van der Waals surface area contributed by atoms with Gasteiger partial charge in [0.15, 0.2) is 0 Å². The van der Waals surface area contributed by atoms with Crippen LogP contribution in [0.4, 0.5) is 5.69 Å². The number of methoxy groups -OCH3 is 1. The highest BCUT2D eigenvalue weighted by Gasteiger charge is 2.41. The van der Waals surface area contributed by atoms with Crippen LogP contribution in [0.3, 0.4) is 0 Å². The molecular weight excluding hydrogens is 220 g/mol. The highest BCUT2D eigenvalue weighted by atomic mass is 16.5. The Kier molecular flexibility index (Phi) is 3.61. The minimum atomic E-state index is -0.773. The van der Waals surface area contributed by atoms with Crippen LogP contribution in [0.1, 0.15) is 24.5 Å². The Labute approximate surface area is 101 Å². The molecule has 1 aliphatic heterocycles. The lowest BCUT2D eigenvalue weighted by Crippen LogP contribution is -2.44. The molecule has 1 aromatic rings. The molecule has 5 nitrogen and oxygen atoms in total. The molecule has 1 atom stereocenters. The predicted molar refractivity (Wildman–Crippen MR) is 63.4 cm³/mol. The van der Waals surface area contributed by atoms with Crippen molar-refractivity contribution in [3.63, 3.8) is 0 Å². The van der Waals surface area contributed by atoms with Gasteiger partial charge >= 0.3 is 0 Å². The molecule has 0 bridgehead atoms. The molecule has 5 heteroatoms. The second kappa shape index (κ2) is 5.00. The van der Waals surface area contributed by atoms with Crippen molar-refractivity contribution in [1.82, 2.24) is 4.98 Å². The zero-order valence-corrected chi connectivity index (χ0v) is 9.93. The number of hydrogen-bond donors (Lipinski definition) is 2. The summed E-state index contributed by atoms with van der Waals surface area (Å²) in [4.78, 5) is 4.00. The number of ether oxygens (including phenoxy) is 2. The number of pyridine rings is 1. The van der Waals surface area contributed by atoms with Gasteiger partial charge in [-0.1, -0.05) is 0 Å². The minimum absolute atomic E-state index is 0.537. The molecular formula is C12H18N2O3. The summed E-state index contributed by atoms with van der Waals surface area (Å²) < 4.78 is 10.8. The molecule has 2 rings (SSSR count). The first kappa shape index (κ1) is 12.3. The van der Waals surface area contributed by atoms with Crippen molar-refractivity contribution in [3.05, 3.63) is 24.0 Å². The fourth-order valence-electron chi connectivity index (χ4n) is 2.24. The maximum Gasteiger partial charge on any atom is 0.112 e. The normalized spacial score (nSPS) is 21.1. The summed E-state index contributed by atoms with van der Waals surface area (Å²) in [6, 6.07) is 1.68. The van der Waals surface area contributed by atoms with Gasteiger partial charge in [-0.15, -0.1) is 0 Å². The topological polar surface area (TPSA) is 77.6 Å². The molecule has 1 fully saturated rings. The molecule has 1 unspecified atom stereocenters. The maximum atomic E-state index is 10.5. The van der Waals surface area contributed by atoms with Gasteiger partial charge in [0.05, 0.1) is 0 Å². The molecule has 17 heavy (non-hydrogen) atoms. The predicted octanol–water partition coefficient (Wildman–Crippen LogP) is 0.893. The Balaban J connectivity index is 2.28. The van der Waals surface area contributed by atoms with Gasteiger partial charge in [0.1, 0.15) is 11.7 Å². The van der Waals surface area contributed by atoms with Crippen molar-refractivity contribution >= 4 is 5.69 Å². The van der Waals surface area contributed by atoms with Crippen LogP contribution >= 0.6 is 0 Å². The molecule has 0 saturated carbocycles. The van der Waals surface area contributed by atoms with Gasteiger partial charge in [-0.25, -0.2) is 0 Å². The number of nitrogens with zero attached hydrogens (tertiary/aromatic N) is 1. The fraction of sp³-hybridized carbons (Fsp3) is 0.583. The van der Waals surface area contributed by atoms with E-state index in [1.807, 2.05) is 0 Å². The SMILES string of the molecule is COC1(C(O)c2cnccc2N)CCOCC1. The van der Waals surface area contributed by atoms with E-state index in [-0.39, 0.29) is 0 Å². The largest absolute Gasteiger partial charge is 0.398 e. The van der Waals surface area contributed by atoms with Crippen LogP contribution in [0, 0.1) is 0 Å². The number of rotatable bonds is 3. The average Bonchev–Trinajstić information content (AvgIpc) is 2.39. The first-order valence-electron chi connectivity index (χ1n) is 5.70. The van der Waals surface area contributed by atoms with Crippen molar-refractivity contribution in [1.29, 1.82) is 0 Å². The lowest BCUT2D eigenvalue weighted by molar-refractivity contribution is -0.154. The molecule has 2 heterocycles. The van der Waals surface area contributed by atoms with Crippen LogP contribution in [0.2, 0.25) is 0 Å². The van der Waals surface area contributed by atoms with E-state index in [1.165, 1.54) is 0 Å². The number of nitrogens with two attached hydrogens (primary N) is 1. The lowest BCUT2D eigenvalue weighted by atomic mass is 9.84. The Morgan fingerprint density at radius 1 is 1.53 bits per heavy atom. The third kappa shape index (κ3) is 2.26. The summed E-state index contributed by atoms with van der Waals surface area (Å²) in [7, 11) is 1.61. The van der Waals surface area contributed by atoms with Gasteiger partial charge in [0.2, 0.25) is 0 Å². The van der Waals surface area contributed by atoms with Gasteiger partial charge in [-0.3, -0.25) is 4.98 Å². The smallest absolute Gasteiger partial charge is 0.112 e. The zero-order valence-electron chi connectivity index (χ0n) is 9.93. The molecule has 94 valence electrons. The van der Waals surface area contributed by atoms with Crippen molar-refractivity contribution in [3.8, 4) is 0 Å². The average molecular weight is 238 g/mol. The quantitative estimate of drug-likeness (QED) is 0.817. The van der Waals surface area contributed by atoms with Gasteiger partial charge in [0, 0.05) is 56.8 Å². The number of hydrogen-bond acceptors (Lipinski definition) is 5. The maximum absolute atomic E-state index is 10.5. The number of aliphatic hydroxyl groups excluding tert-OH is 1. The van der Waals surface area contributed by atoms with Crippen LogP contribution in [-0.4, -0.2) is 36.0 Å². The Hall–Kier alpha value is -1.17. The van der Waals surface area contributed by atoms with E-state index in [2.05, 4.69) is 4.98 Å². The molecule has 0 radical (unpaired) electrons. The molecule has 1 aromatic heterocycles. The Morgan fingerprint density at radius 3 is 2.82 bits per heavy atom. The zero-order chi connectivity index (χ0) is 12.3. The standard InChI is InChI=1S/C12H18N2O3/c1-16-12(3-6-17-7-4-12)11(15)9-8-14-5-2-10(9)13/h2,5,8,11,15H,3-4,6-7H2,1H3,(H2,13,14). The highest BCUT2D eigenvalue weighted by Crippen LogP contribution is 2.38. The van der Waals surface area contributed by atoms with E-state index in [0.717, 1.165) is 0 Å². The summed E-state index contributed by atoms with van der Waals surface area (Å²) in [5.74, 6) is 0.